The van der Waals surface area contributed by atoms with Crippen LogP contribution in [0.1, 0.15) is 39.0 Å². The number of aromatic amines is 1. The summed E-state index contributed by atoms with van der Waals surface area (Å²) in [7, 11) is 0. The van der Waals surface area contributed by atoms with Crippen molar-refractivity contribution in [2.75, 3.05) is 38.6 Å². The first-order valence-electron chi connectivity index (χ1n) is 9.86. The van der Waals surface area contributed by atoms with E-state index in [4.69, 9.17) is 15.2 Å². The second-order valence-corrected chi connectivity index (χ2v) is 7.01. The Hall–Kier alpha value is -2.13. The number of hydrogen-bond donors (Lipinski definition) is 3. The fraction of sp³-hybridized carbons (Fsp3) is 0.722. The third-order valence-corrected chi connectivity index (χ3v) is 4.78. The van der Waals surface area contributed by atoms with Crippen molar-refractivity contribution in [1.29, 1.82) is 0 Å². The minimum absolute atomic E-state index is 0.219. The third-order valence-electron chi connectivity index (χ3n) is 4.78. The molecule has 0 aliphatic carbocycles. The summed E-state index contributed by atoms with van der Waals surface area (Å²) < 4.78 is 12.6. The number of rotatable bonds is 10. The van der Waals surface area contributed by atoms with Gasteiger partial charge in [-0.3, -0.25) is 4.57 Å². The smallest absolute Gasteiger partial charge is 0.327 e. The van der Waals surface area contributed by atoms with Crippen molar-refractivity contribution in [2.45, 2.75) is 45.6 Å². The lowest BCUT2D eigenvalue weighted by Gasteiger charge is -2.22. The fourth-order valence-corrected chi connectivity index (χ4v) is 3.25. The molecule has 0 aromatic carbocycles. The monoisotopic (exact) mass is 378 g/mol. The number of nitrogens with one attached hydrogen (secondary N) is 2. The molecule has 27 heavy (non-hydrogen) atoms. The molecule has 0 spiro atoms. The van der Waals surface area contributed by atoms with E-state index in [0.717, 1.165) is 52.0 Å². The van der Waals surface area contributed by atoms with Crippen LogP contribution in [0.5, 0.6) is 6.01 Å². The maximum absolute atomic E-state index is 12.3. The van der Waals surface area contributed by atoms with Gasteiger partial charge in [-0.2, -0.15) is 9.97 Å². The zero-order valence-electron chi connectivity index (χ0n) is 16.0. The highest BCUT2D eigenvalue weighted by atomic mass is 16.5. The van der Waals surface area contributed by atoms with Crippen LogP contribution in [0.15, 0.2) is 4.79 Å². The van der Waals surface area contributed by atoms with Crippen LogP contribution >= 0.6 is 0 Å². The second kappa shape index (κ2) is 9.70. The van der Waals surface area contributed by atoms with Gasteiger partial charge in [-0.25, -0.2) is 4.79 Å². The molecule has 1 fully saturated rings. The normalized spacial score (nSPS) is 17.4. The fourth-order valence-electron chi connectivity index (χ4n) is 3.25. The molecule has 4 N–H and O–H groups in total. The zero-order chi connectivity index (χ0) is 19.1. The van der Waals surface area contributed by atoms with Crippen molar-refractivity contribution in [2.24, 2.45) is 5.92 Å². The molecular weight excluding hydrogens is 348 g/mol. The van der Waals surface area contributed by atoms with Gasteiger partial charge < -0.3 is 25.5 Å². The van der Waals surface area contributed by atoms with Gasteiger partial charge in [0.05, 0.1) is 13.2 Å². The van der Waals surface area contributed by atoms with Gasteiger partial charge in [0.25, 0.3) is 0 Å². The van der Waals surface area contributed by atoms with Crippen LogP contribution in [0.4, 0.5) is 5.82 Å². The molecule has 1 aliphatic rings. The average Bonchev–Trinajstić information content (AvgIpc) is 2.99. The summed E-state index contributed by atoms with van der Waals surface area (Å²) in [4.78, 5) is 23.5. The number of fused-ring (bicyclic) bond motifs is 1. The summed E-state index contributed by atoms with van der Waals surface area (Å²) in [6.45, 7) is 6.67. The zero-order valence-corrected chi connectivity index (χ0v) is 16.0. The van der Waals surface area contributed by atoms with Crippen LogP contribution < -0.4 is 21.5 Å². The Labute approximate surface area is 158 Å². The highest BCUT2D eigenvalue weighted by Crippen LogP contribution is 2.18. The number of aryl methyl sites for hydroxylation is 1. The Morgan fingerprint density at radius 3 is 3.07 bits per heavy atom. The predicted octanol–water partition coefficient (Wildman–Crippen LogP) is 1.29. The summed E-state index contributed by atoms with van der Waals surface area (Å²) >= 11 is 0. The lowest BCUT2D eigenvalue weighted by atomic mass is 10.0. The van der Waals surface area contributed by atoms with Gasteiger partial charge in [0, 0.05) is 19.7 Å². The number of hydrogen-bond acceptors (Lipinski definition) is 7. The Morgan fingerprint density at radius 2 is 2.30 bits per heavy atom. The molecule has 1 unspecified atom stereocenters. The summed E-state index contributed by atoms with van der Waals surface area (Å²) in [6.07, 6.45) is 5.11. The van der Waals surface area contributed by atoms with Crippen molar-refractivity contribution >= 4 is 17.0 Å². The molecule has 1 atom stereocenters. The maximum atomic E-state index is 12.3. The molecule has 0 amide bonds. The van der Waals surface area contributed by atoms with E-state index in [2.05, 4.69) is 27.2 Å². The quantitative estimate of drug-likeness (QED) is 0.533. The number of anilines is 1. The molecule has 0 radical (unpaired) electrons. The number of ether oxygens (including phenoxy) is 2. The van der Waals surface area contributed by atoms with E-state index in [1.165, 1.54) is 6.42 Å². The summed E-state index contributed by atoms with van der Waals surface area (Å²) in [5.74, 6) is 0.822. The van der Waals surface area contributed by atoms with Gasteiger partial charge in [-0.1, -0.05) is 13.3 Å². The molecule has 1 aliphatic heterocycles. The van der Waals surface area contributed by atoms with E-state index >= 15 is 0 Å². The first-order chi connectivity index (χ1) is 13.2. The topological polar surface area (TPSA) is 120 Å². The second-order valence-electron chi connectivity index (χ2n) is 7.01. The predicted molar refractivity (Wildman–Crippen MR) is 104 cm³/mol. The van der Waals surface area contributed by atoms with E-state index in [0.29, 0.717) is 30.2 Å². The standard InChI is InChI=1S/C18H30N6O3/c1-2-3-10-27-17-22-15(19)14-16(23-17)24(18(25)21-14)8-5-7-20-11-13-6-4-9-26-12-13/h13,20H,2-12H2,1H3,(H,21,25)(H2,19,22,23). The van der Waals surface area contributed by atoms with Gasteiger partial charge in [0.1, 0.15) is 5.52 Å². The van der Waals surface area contributed by atoms with Crippen LogP contribution in [0, 0.1) is 5.92 Å². The highest BCUT2D eigenvalue weighted by Gasteiger charge is 2.15. The van der Waals surface area contributed by atoms with Crippen LogP contribution in [-0.2, 0) is 11.3 Å². The summed E-state index contributed by atoms with van der Waals surface area (Å²) in [6, 6.07) is 0.219. The van der Waals surface area contributed by atoms with Gasteiger partial charge in [-0.15, -0.1) is 0 Å². The minimum atomic E-state index is -0.225. The molecule has 2 aromatic rings. The van der Waals surface area contributed by atoms with Crippen molar-refractivity contribution in [3.63, 3.8) is 0 Å². The Morgan fingerprint density at radius 1 is 1.41 bits per heavy atom. The number of unbranched alkanes of at least 4 members (excludes halogenated alkanes) is 1. The van der Waals surface area contributed by atoms with E-state index in [1.807, 2.05) is 0 Å². The molecule has 150 valence electrons. The van der Waals surface area contributed by atoms with Gasteiger partial charge in [-0.05, 0) is 38.1 Å². The largest absolute Gasteiger partial charge is 0.463 e. The van der Waals surface area contributed by atoms with Crippen molar-refractivity contribution in [1.82, 2.24) is 24.8 Å². The van der Waals surface area contributed by atoms with E-state index in [9.17, 15) is 4.79 Å². The molecule has 3 rings (SSSR count). The number of nitrogens with zero attached hydrogens (tertiary/aromatic N) is 3. The molecule has 9 heteroatoms. The lowest BCUT2D eigenvalue weighted by molar-refractivity contribution is 0.0549. The molecule has 2 aromatic heterocycles. The first-order valence-corrected chi connectivity index (χ1v) is 9.86. The van der Waals surface area contributed by atoms with Crippen LogP contribution in [0.25, 0.3) is 11.2 Å². The van der Waals surface area contributed by atoms with Crippen molar-refractivity contribution < 1.29 is 9.47 Å². The molecule has 3 heterocycles. The minimum Gasteiger partial charge on any atom is -0.463 e. The van der Waals surface area contributed by atoms with Crippen LogP contribution in [0.3, 0.4) is 0 Å². The van der Waals surface area contributed by atoms with E-state index in [1.54, 1.807) is 4.57 Å². The molecule has 0 bridgehead atoms. The molecule has 0 saturated carbocycles. The summed E-state index contributed by atoms with van der Waals surface area (Å²) in [5.41, 5.74) is 6.71. The maximum Gasteiger partial charge on any atom is 0.327 e. The molecule has 9 nitrogen and oxygen atoms in total. The number of nitrogen functional groups attached to an aromatic ring is 1. The van der Waals surface area contributed by atoms with Crippen LogP contribution in [-0.4, -0.2) is 52.4 Å². The number of H-pyrrole nitrogens is 1. The van der Waals surface area contributed by atoms with Crippen LogP contribution in [0.2, 0.25) is 0 Å². The molecular formula is C18H30N6O3. The SMILES string of the molecule is CCCCOc1nc(N)c2[nH]c(=O)n(CCCNCC3CCCOC3)c2n1. The van der Waals surface area contributed by atoms with Crippen molar-refractivity contribution in [3.05, 3.63) is 10.5 Å². The number of imidazole rings is 1. The Kier molecular flexibility index (Phi) is 7.05. The number of nitrogens with two attached hydrogens (primary N) is 1. The third kappa shape index (κ3) is 5.20. The van der Waals surface area contributed by atoms with E-state index in [-0.39, 0.29) is 17.5 Å². The van der Waals surface area contributed by atoms with Gasteiger partial charge in [0.2, 0.25) is 0 Å². The number of aromatic nitrogens is 4. The van der Waals surface area contributed by atoms with Gasteiger partial charge in [0.15, 0.2) is 11.5 Å². The van der Waals surface area contributed by atoms with E-state index < -0.39 is 0 Å². The Bertz CT molecular complexity index is 781. The average molecular weight is 378 g/mol. The molecule has 1 saturated heterocycles. The van der Waals surface area contributed by atoms with Crippen molar-refractivity contribution in [3.8, 4) is 6.01 Å². The lowest BCUT2D eigenvalue weighted by Crippen LogP contribution is -2.30. The highest BCUT2D eigenvalue weighted by molar-refractivity contribution is 5.81. The van der Waals surface area contributed by atoms with Gasteiger partial charge >= 0.3 is 11.7 Å². The first kappa shape index (κ1) is 19.6. The summed E-state index contributed by atoms with van der Waals surface area (Å²) in [5, 5.41) is 3.45. The Balaban J connectivity index is 1.57.